The van der Waals surface area contributed by atoms with Gasteiger partial charge in [-0.15, -0.1) is 0 Å². The van der Waals surface area contributed by atoms with Gasteiger partial charge in [-0.05, 0) is 55.9 Å². The summed E-state index contributed by atoms with van der Waals surface area (Å²) in [6.07, 6.45) is 10.6. The molecule has 0 aliphatic carbocycles. The van der Waals surface area contributed by atoms with E-state index in [-0.39, 0.29) is 5.41 Å². The summed E-state index contributed by atoms with van der Waals surface area (Å²) >= 11 is 0. The van der Waals surface area contributed by atoms with Crippen LogP contribution in [0.5, 0.6) is 0 Å². The molecule has 0 bridgehead atoms. The molecule has 0 aliphatic heterocycles. The number of hydrogen-bond acceptors (Lipinski definition) is 0. The first-order valence-corrected chi connectivity index (χ1v) is 11.2. The van der Waals surface area contributed by atoms with Gasteiger partial charge in [-0.25, -0.2) is 0 Å². The molecule has 31 heavy (non-hydrogen) atoms. The molecule has 0 atom stereocenters. The Kier molecular flexibility index (Phi) is 7.47. The Morgan fingerprint density at radius 3 is 1.39 bits per heavy atom. The van der Waals surface area contributed by atoms with Crippen molar-refractivity contribution in [1.29, 1.82) is 0 Å². The van der Waals surface area contributed by atoms with Crippen LogP contribution in [0, 0.1) is 20.8 Å². The monoisotopic (exact) mass is 406 g/mol. The smallest absolute Gasteiger partial charge is 0.0667 e. The SMILES string of the molecule is C=C/C=C(\C/C=C\CC)C(c1ccc(C)cc1)(c1ccc(C)cc1)c1ccc(C)cc1. The van der Waals surface area contributed by atoms with Crippen LogP contribution < -0.4 is 0 Å². The summed E-state index contributed by atoms with van der Waals surface area (Å²) in [5.74, 6) is 0. The molecule has 0 unspecified atom stereocenters. The van der Waals surface area contributed by atoms with Crippen LogP contribution in [0.2, 0.25) is 0 Å². The van der Waals surface area contributed by atoms with Gasteiger partial charge >= 0.3 is 0 Å². The largest absolute Gasteiger partial charge is 0.0991 e. The number of allylic oxidation sites excluding steroid dienone is 5. The average molecular weight is 407 g/mol. The Hall–Kier alpha value is -3.12. The van der Waals surface area contributed by atoms with Crippen LogP contribution in [0.1, 0.15) is 53.1 Å². The van der Waals surface area contributed by atoms with E-state index in [0.29, 0.717) is 0 Å². The lowest BCUT2D eigenvalue weighted by atomic mass is 9.63. The van der Waals surface area contributed by atoms with Gasteiger partial charge in [-0.3, -0.25) is 0 Å². The van der Waals surface area contributed by atoms with E-state index in [1.54, 1.807) is 0 Å². The third-order valence-corrected chi connectivity index (χ3v) is 5.99. The summed E-state index contributed by atoms with van der Waals surface area (Å²) < 4.78 is 0. The molecular formula is C31H34. The van der Waals surface area contributed by atoms with Crippen molar-refractivity contribution >= 4 is 0 Å². The topological polar surface area (TPSA) is 0 Å². The van der Waals surface area contributed by atoms with E-state index in [4.69, 9.17) is 0 Å². The predicted octanol–water partition coefficient (Wildman–Crippen LogP) is 8.41. The van der Waals surface area contributed by atoms with Gasteiger partial charge in [0.2, 0.25) is 0 Å². The summed E-state index contributed by atoms with van der Waals surface area (Å²) in [7, 11) is 0. The second-order valence-corrected chi connectivity index (χ2v) is 8.36. The van der Waals surface area contributed by atoms with E-state index in [1.165, 1.54) is 39.0 Å². The first-order chi connectivity index (χ1) is 15.0. The molecule has 0 spiro atoms. The molecule has 3 aromatic rings. The second kappa shape index (κ2) is 10.3. The maximum Gasteiger partial charge on any atom is 0.0667 e. The van der Waals surface area contributed by atoms with Crippen LogP contribution in [0.4, 0.5) is 0 Å². The van der Waals surface area contributed by atoms with Gasteiger partial charge in [0.15, 0.2) is 0 Å². The van der Waals surface area contributed by atoms with Crippen molar-refractivity contribution in [3.05, 3.63) is 143 Å². The van der Waals surface area contributed by atoms with Crippen LogP contribution in [-0.2, 0) is 5.41 Å². The van der Waals surface area contributed by atoms with Crippen LogP contribution >= 0.6 is 0 Å². The van der Waals surface area contributed by atoms with Gasteiger partial charge < -0.3 is 0 Å². The van der Waals surface area contributed by atoms with Gasteiger partial charge in [-0.1, -0.05) is 127 Å². The lowest BCUT2D eigenvalue weighted by molar-refractivity contribution is 0.705. The van der Waals surface area contributed by atoms with E-state index >= 15 is 0 Å². The fourth-order valence-corrected chi connectivity index (χ4v) is 4.33. The predicted molar refractivity (Wildman–Crippen MR) is 136 cm³/mol. The minimum absolute atomic E-state index is 0.388. The van der Waals surface area contributed by atoms with Crippen molar-refractivity contribution in [2.75, 3.05) is 0 Å². The molecule has 0 N–H and O–H groups in total. The van der Waals surface area contributed by atoms with Crippen molar-refractivity contribution in [3.8, 4) is 0 Å². The van der Waals surface area contributed by atoms with Crippen LogP contribution in [0.15, 0.2) is 109 Å². The Balaban J connectivity index is 2.42. The van der Waals surface area contributed by atoms with Crippen LogP contribution in [-0.4, -0.2) is 0 Å². The van der Waals surface area contributed by atoms with E-state index in [0.717, 1.165) is 12.8 Å². The molecule has 0 heterocycles. The highest BCUT2D eigenvalue weighted by molar-refractivity contribution is 5.60. The van der Waals surface area contributed by atoms with Crippen molar-refractivity contribution in [1.82, 2.24) is 0 Å². The third kappa shape index (κ3) is 4.80. The lowest BCUT2D eigenvalue weighted by Crippen LogP contribution is -2.32. The highest BCUT2D eigenvalue weighted by atomic mass is 14.4. The number of benzene rings is 3. The quantitative estimate of drug-likeness (QED) is 0.200. The maximum atomic E-state index is 4.07. The molecule has 0 saturated heterocycles. The van der Waals surface area contributed by atoms with Crippen molar-refractivity contribution < 1.29 is 0 Å². The van der Waals surface area contributed by atoms with E-state index in [1.807, 2.05) is 6.08 Å². The number of hydrogen-bond donors (Lipinski definition) is 0. The van der Waals surface area contributed by atoms with Gasteiger partial charge in [0.1, 0.15) is 0 Å². The second-order valence-electron chi connectivity index (χ2n) is 8.36. The van der Waals surface area contributed by atoms with Gasteiger partial charge in [-0.2, -0.15) is 0 Å². The van der Waals surface area contributed by atoms with Crippen molar-refractivity contribution in [2.45, 2.75) is 46.0 Å². The zero-order chi connectivity index (χ0) is 22.3. The van der Waals surface area contributed by atoms with E-state index < -0.39 is 0 Å². The number of aryl methyl sites for hydroxylation is 3. The van der Waals surface area contributed by atoms with Crippen molar-refractivity contribution in [3.63, 3.8) is 0 Å². The minimum atomic E-state index is -0.388. The van der Waals surface area contributed by atoms with Crippen LogP contribution in [0.25, 0.3) is 0 Å². The Labute approximate surface area is 188 Å². The normalized spacial score (nSPS) is 12.3. The standard InChI is InChI=1S/C31H34/c1-6-8-9-11-27(10-7-2)31(28-18-12-24(3)13-19-28,29-20-14-25(4)15-21-29)30-22-16-26(5)17-23-30/h7-10,12-23H,2,6,11H2,1,3-5H3/b9-8-,27-10+. The molecule has 0 amide bonds. The molecule has 0 fully saturated rings. The molecular weight excluding hydrogens is 372 g/mol. The zero-order valence-electron chi connectivity index (χ0n) is 19.4. The van der Waals surface area contributed by atoms with E-state index in [2.05, 4.69) is 125 Å². The molecule has 0 nitrogen and oxygen atoms in total. The fraction of sp³-hybridized carbons (Fsp3) is 0.226. The molecule has 0 heteroatoms. The highest BCUT2D eigenvalue weighted by Gasteiger charge is 2.39. The van der Waals surface area contributed by atoms with Crippen molar-refractivity contribution in [2.24, 2.45) is 0 Å². The summed E-state index contributed by atoms with van der Waals surface area (Å²) in [5.41, 5.74) is 8.59. The summed E-state index contributed by atoms with van der Waals surface area (Å²) in [5, 5.41) is 0. The minimum Gasteiger partial charge on any atom is -0.0991 e. The van der Waals surface area contributed by atoms with Gasteiger partial charge in [0.25, 0.3) is 0 Å². The molecule has 0 saturated carbocycles. The van der Waals surface area contributed by atoms with E-state index in [9.17, 15) is 0 Å². The summed E-state index contributed by atoms with van der Waals surface area (Å²) in [6, 6.07) is 27.1. The Bertz CT molecular complexity index is 932. The number of rotatable bonds is 8. The highest BCUT2D eigenvalue weighted by Crippen LogP contribution is 2.47. The molecule has 0 aliphatic rings. The van der Waals surface area contributed by atoms with Gasteiger partial charge in [0, 0.05) is 0 Å². The molecule has 0 radical (unpaired) electrons. The first-order valence-electron chi connectivity index (χ1n) is 11.2. The zero-order valence-corrected chi connectivity index (χ0v) is 19.4. The molecule has 3 aromatic carbocycles. The van der Waals surface area contributed by atoms with Crippen LogP contribution in [0.3, 0.4) is 0 Å². The summed E-state index contributed by atoms with van der Waals surface area (Å²) in [6.45, 7) is 12.7. The molecule has 3 rings (SSSR count). The van der Waals surface area contributed by atoms with Gasteiger partial charge in [0.05, 0.1) is 5.41 Å². The lowest BCUT2D eigenvalue weighted by Gasteiger charge is -2.39. The molecule has 0 aromatic heterocycles. The Morgan fingerprint density at radius 1 is 0.677 bits per heavy atom. The summed E-state index contributed by atoms with van der Waals surface area (Å²) in [4.78, 5) is 0. The fourth-order valence-electron chi connectivity index (χ4n) is 4.33. The molecule has 158 valence electrons. The first kappa shape index (κ1) is 22.6. The maximum absolute atomic E-state index is 4.07. The Morgan fingerprint density at radius 2 is 1.06 bits per heavy atom. The average Bonchev–Trinajstić information content (AvgIpc) is 2.77. The third-order valence-electron chi connectivity index (χ3n) is 5.99.